The van der Waals surface area contributed by atoms with Crippen molar-refractivity contribution < 1.29 is 0 Å². The van der Waals surface area contributed by atoms with Crippen LogP contribution in [0, 0.1) is 6.92 Å². The maximum atomic E-state index is 12.1. The lowest BCUT2D eigenvalue weighted by atomic mass is 10.4. The first-order chi connectivity index (χ1) is 8.58. The van der Waals surface area contributed by atoms with E-state index in [0.717, 1.165) is 9.88 Å². The number of aromatic nitrogens is 3. The third-order valence-corrected chi connectivity index (χ3v) is 3.44. The van der Waals surface area contributed by atoms with Crippen molar-refractivity contribution in [3.8, 4) is 0 Å². The van der Waals surface area contributed by atoms with E-state index < -0.39 is 0 Å². The summed E-state index contributed by atoms with van der Waals surface area (Å²) in [6.45, 7) is 6.48. The number of nitrogens with zero attached hydrogens (tertiary/aromatic N) is 3. The molecule has 0 saturated carbocycles. The minimum Gasteiger partial charge on any atom is -0.361 e. The van der Waals surface area contributed by atoms with Crippen molar-refractivity contribution in [3.05, 3.63) is 38.8 Å². The first-order valence-corrected chi connectivity index (χ1v) is 6.62. The second-order valence-corrected chi connectivity index (χ2v) is 5.60. The van der Waals surface area contributed by atoms with Crippen molar-refractivity contribution in [1.29, 1.82) is 0 Å². The molecule has 0 atom stereocenters. The van der Waals surface area contributed by atoms with Crippen LogP contribution in [0.4, 0.5) is 5.82 Å². The highest BCUT2D eigenvalue weighted by Crippen LogP contribution is 2.12. The molecule has 0 radical (unpaired) electrons. The van der Waals surface area contributed by atoms with E-state index in [0.29, 0.717) is 12.4 Å². The Hall–Kier alpha value is -1.69. The van der Waals surface area contributed by atoms with Crippen molar-refractivity contribution in [2.24, 2.45) is 0 Å². The summed E-state index contributed by atoms with van der Waals surface area (Å²) in [6.07, 6.45) is 5.16. The van der Waals surface area contributed by atoms with Gasteiger partial charge in [-0.25, -0.2) is 9.97 Å². The molecule has 1 N–H and O–H groups in total. The third kappa shape index (κ3) is 2.76. The fraction of sp³-hybridized carbons (Fsp3) is 0.417. The molecule has 0 bridgehead atoms. The second-order valence-electron chi connectivity index (χ2n) is 4.28. The molecular formula is C12H16N4OS. The van der Waals surface area contributed by atoms with Gasteiger partial charge < -0.3 is 9.88 Å². The topological polar surface area (TPSA) is 59.8 Å². The van der Waals surface area contributed by atoms with Crippen LogP contribution in [0.3, 0.4) is 0 Å². The molecule has 0 fully saturated rings. The van der Waals surface area contributed by atoms with Crippen molar-refractivity contribution in [1.82, 2.24) is 14.5 Å². The largest absolute Gasteiger partial charge is 0.361 e. The quantitative estimate of drug-likeness (QED) is 0.919. The molecule has 6 heteroatoms. The summed E-state index contributed by atoms with van der Waals surface area (Å²) in [4.78, 5) is 21.4. The zero-order valence-electron chi connectivity index (χ0n) is 10.7. The fourth-order valence-electron chi connectivity index (χ4n) is 1.61. The zero-order valence-corrected chi connectivity index (χ0v) is 11.5. The number of rotatable bonds is 4. The zero-order chi connectivity index (χ0) is 13.1. The van der Waals surface area contributed by atoms with Gasteiger partial charge in [-0.15, -0.1) is 11.3 Å². The first kappa shape index (κ1) is 12.8. The molecule has 5 nitrogen and oxygen atoms in total. The lowest BCUT2D eigenvalue weighted by Gasteiger charge is -2.11. The van der Waals surface area contributed by atoms with Gasteiger partial charge in [0.15, 0.2) is 5.82 Å². The summed E-state index contributed by atoms with van der Waals surface area (Å²) in [6, 6.07) is 0.131. The van der Waals surface area contributed by atoms with Crippen LogP contribution in [0.25, 0.3) is 0 Å². The van der Waals surface area contributed by atoms with Crippen LogP contribution < -0.4 is 10.9 Å². The van der Waals surface area contributed by atoms with Crippen LogP contribution in [0.1, 0.15) is 29.8 Å². The normalized spacial score (nSPS) is 10.9. The Morgan fingerprint density at radius 2 is 2.22 bits per heavy atom. The Morgan fingerprint density at radius 1 is 1.44 bits per heavy atom. The summed E-state index contributed by atoms with van der Waals surface area (Å²) in [5.41, 5.74) is -0.0891. The predicted molar refractivity (Wildman–Crippen MR) is 73.1 cm³/mol. The molecule has 0 aliphatic heterocycles. The van der Waals surface area contributed by atoms with E-state index in [2.05, 4.69) is 15.3 Å². The molecule has 0 unspecified atom stereocenters. The van der Waals surface area contributed by atoms with Crippen LogP contribution in [0.2, 0.25) is 0 Å². The van der Waals surface area contributed by atoms with Gasteiger partial charge in [0.25, 0.3) is 5.56 Å². The number of nitrogens with one attached hydrogen (secondary N) is 1. The van der Waals surface area contributed by atoms with Gasteiger partial charge in [0.05, 0.1) is 11.6 Å². The van der Waals surface area contributed by atoms with Crippen LogP contribution in [0.15, 0.2) is 23.4 Å². The van der Waals surface area contributed by atoms with Gasteiger partial charge in [-0.05, 0) is 20.8 Å². The monoisotopic (exact) mass is 264 g/mol. The molecule has 2 heterocycles. The van der Waals surface area contributed by atoms with Crippen LogP contribution in [-0.2, 0) is 6.54 Å². The van der Waals surface area contributed by atoms with Crippen molar-refractivity contribution in [2.75, 3.05) is 5.32 Å². The summed E-state index contributed by atoms with van der Waals surface area (Å²) in [5, 5.41) is 4.08. The Labute approximate surface area is 110 Å². The number of anilines is 1. The van der Waals surface area contributed by atoms with Gasteiger partial charge in [-0.3, -0.25) is 4.79 Å². The van der Waals surface area contributed by atoms with Crippen molar-refractivity contribution in [3.63, 3.8) is 0 Å². The average molecular weight is 264 g/mol. The number of hydrogen-bond donors (Lipinski definition) is 1. The van der Waals surface area contributed by atoms with E-state index in [4.69, 9.17) is 0 Å². The molecule has 2 aromatic rings. The Balaban J connectivity index is 2.15. The Morgan fingerprint density at radius 3 is 2.83 bits per heavy atom. The SMILES string of the molecule is Cc1ncc(CNc2nccn(C(C)C)c2=O)s1. The molecule has 0 aliphatic carbocycles. The maximum absolute atomic E-state index is 12.1. The van der Waals surface area contributed by atoms with Crippen LogP contribution in [-0.4, -0.2) is 14.5 Å². The predicted octanol–water partition coefficient (Wildman–Crippen LogP) is 2.20. The smallest absolute Gasteiger partial charge is 0.293 e. The third-order valence-electron chi connectivity index (χ3n) is 2.52. The second kappa shape index (κ2) is 5.30. The Bertz CT molecular complexity index is 588. The molecule has 0 saturated heterocycles. The minimum absolute atomic E-state index is 0.0891. The molecule has 2 aromatic heterocycles. The number of aryl methyl sites for hydroxylation is 1. The number of thiazole rings is 1. The molecule has 18 heavy (non-hydrogen) atoms. The average Bonchev–Trinajstić information content (AvgIpc) is 2.73. The van der Waals surface area contributed by atoms with E-state index >= 15 is 0 Å². The van der Waals surface area contributed by atoms with Crippen molar-refractivity contribution in [2.45, 2.75) is 33.4 Å². The van der Waals surface area contributed by atoms with E-state index in [-0.39, 0.29) is 11.6 Å². The molecular weight excluding hydrogens is 248 g/mol. The van der Waals surface area contributed by atoms with Gasteiger partial charge in [-0.1, -0.05) is 0 Å². The molecule has 0 spiro atoms. The highest BCUT2D eigenvalue weighted by Gasteiger charge is 2.07. The molecule has 96 valence electrons. The Kier molecular flexibility index (Phi) is 3.76. The van der Waals surface area contributed by atoms with Crippen molar-refractivity contribution >= 4 is 17.2 Å². The van der Waals surface area contributed by atoms with Gasteiger partial charge in [-0.2, -0.15) is 0 Å². The lowest BCUT2D eigenvalue weighted by molar-refractivity contribution is 0.575. The highest BCUT2D eigenvalue weighted by molar-refractivity contribution is 7.11. The van der Waals surface area contributed by atoms with E-state index in [1.807, 2.05) is 27.0 Å². The lowest BCUT2D eigenvalue weighted by Crippen LogP contribution is -2.25. The summed E-state index contributed by atoms with van der Waals surface area (Å²) >= 11 is 1.61. The summed E-state index contributed by atoms with van der Waals surface area (Å²) in [7, 11) is 0. The minimum atomic E-state index is -0.0891. The fourth-order valence-corrected chi connectivity index (χ4v) is 2.35. The first-order valence-electron chi connectivity index (χ1n) is 5.80. The van der Waals surface area contributed by atoms with Gasteiger partial charge in [0.2, 0.25) is 0 Å². The van der Waals surface area contributed by atoms with E-state index in [1.54, 1.807) is 28.3 Å². The standard InChI is InChI=1S/C12H16N4OS/c1-8(2)16-5-4-13-11(12(16)17)15-7-10-6-14-9(3)18-10/h4-6,8H,7H2,1-3H3,(H,13,15). The molecule has 2 rings (SSSR count). The van der Waals surface area contributed by atoms with Gasteiger partial charge >= 0.3 is 0 Å². The number of hydrogen-bond acceptors (Lipinski definition) is 5. The highest BCUT2D eigenvalue weighted by atomic mass is 32.1. The molecule has 0 aliphatic rings. The summed E-state index contributed by atoms with van der Waals surface area (Å²) in [5.74, 6) is 0.386. The van der Waals surface area contributed by atoms with Crippen LogP contribution in [0.5, 0.6) is 0 Å². The van der Waals surface area contributed by atoms with E-state index in [1.165, 1.54) is 0 Å². The molecule has 0 aromatic carbocycles. The molecule has 0 amide bonds. The van der Waals surface area contributed by atoms with Gasteiger partial charge in [0.1, 0.15) is 0 Å². The van der Waals surface area contributed by atoms with E-state index in [9.17, 15) is 4.79 Å². The van der Waals surface area contributed by atoms with Gasteiger partial charge in [0, 0.05) is 29.5 Å². The maximum Gasteiger partial charge on any atom is 0.293 e. The summed E-state index contributed by atoms with van der Waals surface area (Å²) < 4.78 is 1.66. The van der Waals surface area contributed by atoms with Crippen LogP contribution >= 0.6 is 11.3 Å².